The summed E-state index contributed by atoms with van der Waals surface area (Å²) < 4.78 is 47.0. The second-order valence-corrected chi connectivity index (χ2v) is 35.7. The molecule has 2 spiro atoms. The van der Waals surface area contributed by atoms with Gasteiger partial charge in [0.15, 0.2) is 17.1 Å². The Bertz CT molecular complexity index is 3560. The molecule has 8 bridgehead atoms. The Hall–Kier alpha value is -7.21. The summed E-state index contributed by atoms with van der Waals surface area (Å²) in [6.45, 7) is 19.2. The van der Waals surface area contributed by atoms with Gasteiger partial charge in [-0.3, -0.25) is 0 Å². The minimum absolute atomic E-state index is 0.0333. The molecule has 9 heteroatoms. The monoisotopic (exact) mass is 1150 g/mol. The molecule has 9 aliphatic rings. The van der Waals surface area contributed by atoms with Crippen molar-refractivity contribution in [2.75, 3.05) is 14.2 Å². The standard InChI is InChI=1S/C75H84O7Si2/c1-72(2)49-73(3,4)51-74(50-72)66-46-53(52-22-18-17-19-23-52)24-41-62(66)69-64-47-67(76-5)68(77-6)48-65(64)71-63(70(69)74)42-43-75(80-71)54-25-29-56(30-26-54)78-58-33-37-60(38-34-58)81-83(7,8)44-20-15-13-11-12-14-16-21-45-84(9,10)82-61-39-35-59(36-40-61)79-57-31-27-55(75)28-32-57/h17-19,22-43,46-48H,11-16,20-21,44-45,49-51H2,1-10H3. The molecule has 7 nitrogen and oxygen atoms in total. The molecule has 1 fully saturated rings. The molecule has 2 aliphatic carbocycles. The van der Waals surface area contributed by atoms with E-state index in [4.69, 9.17) is 32.5 Å². The largest absolute Gasteiger partial charge is 0.544 e. The summed E-state index contributed by atoms with van der Waals surface area (Å²) in [7, 11) is -0.387. The van der Waals surface area contributed by atoms with Crippen LogP contribution in [0.25, 0.3) is 39.1 Å². The Kier molecular flexibility index (Phi) is 15.4. The third-order valence-electron chi connectivity index (χ3n) is 18.2. The van der Waals surface area contributed by atoms with Gasteiger partial charge in [-0.1, -0.05) is 152 Å². The third kappa shape index (κ3) is 11.5. The molecular weight excluding hydrogens is 1070 g/mol. The molecule has 8 aromatic rings. The van der Waals surface area contributed by atoms with Crippen LogP contribution in [0.2, 0.25) is 38.3 Å². The minimum atomic E-state index is -1.91. The van der Waals surface area contributed by atoms with Gasteiger partial charge in [-0.25, -0.2) is 0 Å². The van der Waals surface area contributed by atoms with E-state index in [0.29, 0.717) is 11.5 Å². The molecule has 0 aromatic heterocycles. The van der Waals surface area contributed by atoms with Gasteiger partial charge in [-0.05, 0) is 204 Å². The van der Waals surface area contributed by atoms with Gasteiger partial charge in [-0.15, -0.1) is 0 Å². The van der Waals surface area contributed by atoms with Crippen LogP contribution in [0.3, 0.4) is 0 Å². The number of hydrogen-bond acceptors (Lipinski definition) is 7. The maximum Gasteiger partial charge on any atom is 0.245 e. The summed E-state index contributed by atoms with van der Waals surface area (Å²) in [6, 6.07) is 57.7. The predicted molar refractivity (Wildman–Crippen MR) is 349 cm³/mol. The first-order chi connectivity index (χ1) is 40.3. The number of rotatable bonds is 3. The average molecular weight is 1150 g/mol. The molecule has 0 atom stereocenters. The topological polar surface area (TPSA) is 64.6 Å². The summed E-state index contributed by atoms with van der Waals surface area (Å²) in [6.07, 6.45) is 17.9. The van der Waals surface area contributed by atoms with Gasteiger partial charge in [0, 0.05) is 27.5 Å². The molecule has 7 aliphatic heterocycles. The van der Waals surface area contributed by atoms with Gasteiger partial charge in [0.2, 0.25) is 16.6 Å². The lowest BCUT2D eigenvalue weighted by molar-refractivity contribution is 0.0642. The van der Waals surface area contributed by atoms with Crippen molar-refractivity contribution in [2.24, 2.45) is 10.8 Å². The molecule has 17 rings (SSSR count). The van der Waals surface area contributed by atoms with E-state index in [1.165, 1.54) is 84.7 Å². The summed E-state index contributed by atoms with van der Waals surface area (Å²) in [5.74, 6) is 6.89. The molecule has 7 heterocycles. The van der Waals surface area contributed by atoms with E-state index >= 15 is 0 Å². The zero-order chi connectivity index (χ0) is 58.5. The summed E-state index contributed by atoms with van der Waals surface area (Å²) in [5, 5.41) is 2.03. The van der Waals surface area contributed by atoms with Crippen molar-refractivity contribution in [1.82, 2.24) is 0 Å². The van der Waals surface area contributed by atoms with Crippen LogP contribution in [0, 0.1) is 10.8 Å². The van der Waals surface area contributed by atoms with Crippen LogP contribution in [-0.2, 0) is 11.0 Å². The van der Waals surface area contributed by atoms with E-state index in [9.17, 15) is 0 Å². The van der Waals surface area contributed by atoms with Gasteiger partial charge in [0.1, 0.15) is 40.2 Å². The van der Waals surface area contributed by atoms with Crippen molar-refractivity contribution in [3.8, 4) is 74.0 Å². The van der Waals surface area contributed by atoms with Crippen LogP contribution in [-0.4, -0.2) is 30.9 Å². The Morgan fingerprint density at radius 2 is 0.905 bits per heavy atom. The molecule has 1 saturated carbocycles. The molecule has 84 heavy (non-hydrogen) atoms. The van der Waals surface area contributed by atoms with Crippen molar-refractivity contribution >= 4 is 33.5 Å². The number of hydrogen-bond donors (Lipinski definition) is 0. The molecule has 0 amide bonds. The van der Waals surface area contributed by atoms with E-state index in [1.54, 1.807) is 14.2 Å². The first-order valence-corrected chi connectivity index (χ1v) is 37.1. The van der Waals surface area contributed by atoms with E-state index in [0.717, 1.165) is 99.1 Å². The van der Waals surface area contributed by atoms with E-state index < -0.39 is 22.2 Å². The quantitative estimate of drug-likeness (QED) is 0.163. The molecule has 0 radical (unpaired) electrons. The van der Waals surface area contributed by atoms with E-state index in [-0.39, 0.29) is 16.2 Å². The van der Waals surface area contributed by atoms with Gasteiger partial charge >= 0.3 is 0 Å². The van der Waals surface area contributed by atoms with Gasteiger partial charge in [0.05, 0.1) is 14.2 Å². The van der Waals surface area contributed by atoms with Crippen LogP contribution in [0.15, 0.2) is 164 Å². The Balaban J connectivity index is 0.985. The Labute approximate surface area is 501 Å². The number of methoxy groups -OCH3 is 2. The lowest BCUT2D eigenvalue weighted by Gasteiger charge is -2.52. The SMILES string of the molecule is COc1cc2c3c(c4c(c2cc1OC)-c1ccc(-c2ccccc2)cc1C41CC(C)(C)CC(C)(C)C1)C=CC1(O3)c2ccc(cc2)Oc2ccc(cc2)O[Si](C)(C)CCCCCCCCCC[Si](C)(C)Oc2ccc(cc2)Oc2ccc1cc2. The predicted octanol–water partition coefficient (Wildman–Crippen LogP) is 21.3. The molecular formula is C75H84O7Si2. The Morgan fingerprint density at radius 1 is 0.452 bits per heavy atom. The summed E-state index contributed by atoms with van der Waals surface area (Å²) in [5.41, 5.74) is 9.30. The highest BCUT2D eigenvalue weighted by Crippen LogP contribution is 2.67. The van der Waals surface area contributed by atoms with Crippen molar-refractivity contribution in [1.29, 1.82) is 0 Å². The third-order valence-corrected chi connectivity index (χ3v) is 22.9. The van der Waals surface area contributed by atoms with Crippen molar-refractivity contribution < 1.29 is 32.5 Å². The molecule has 0 unspecified atom stereocenters. The van der Waals surface area contributed by atoms with E-state index in [2.05, 4.69) is 199 Å². The zero-order valence-electron chi connectivity index (χ0n) is 51.2. The molecule has 0 saturated heterocycles. The van der Waals surface area contributed by atoms with Crippen molar-refractivity contribution in [3.63, 3.8) is 0 Å². The Morgan fingerprint density at radius 3 is 1.39 bits per heavy atom. The second kappa shape index (κ2) is 22.7. The molecule has 8 aromatic carbocycles. The molecule has 0 N–H and O–H groups in total. The average Bonchev–Trinajstić information content (AvgIpc) is 1.57. The number of benzene rings is 8. The highest BCUT2D eigenvalue weighted by molar-refractivity contribution is 6.72. The van der Waals surface area contributed by atoms with Crippen molar-refractivity contribution in [3.05, 3.63) is 192 Å². The summed E-state index contributed by atoms with van der Waals surface area (Å²) >= 11 is 0. The van der Waals surface area contributed by atoms with Crippen molar-refractivity contribution in [2.45, 2.75) is 148 Å². The lowest BCUT2D eigenvalue weighted by atomic mass is 9.52. The van der Waals surface area contributed by atoms with Gasteiger partial charge in [-0.2, -0.15) is 0 Å². The smallest absolute Gasteiger partial charge is 0.245 e. The van der Waals surface area contributed by atoms with E-state index in [1.807, 2.05) is 24.3 Å². The number of ether oxygens (including phenoxy) is 5. The highest BCUT2D eigenvalue weighted by Gasteiger charge is 2.56. The summed E-state index contributed by atoms with van der Waals surface area (Å²) in [4.78, 5) is 0. The van der Waals surface area contributed by atoms with Crippen LogP contribution in [0.4, 0.5) is 0 Å². The lowest BCUT2D eigenvalue weighted by Crippen LogP contribution is -2.44. The molecule has 434 valence electrons. The fraction of sp³-hybridized carbons (Fsp3) is 0.360. The van der Waals surface area contributed by atoms with Crippen LogP contribution in [0.5, 0.6) is 51.7 Å². The van der Waals surface area contributed by atoms with Crippen LogP contribution in [0.1, 0.15) is 126 Å². The van der Waals surface area contributed by atoms with Gasteiger partial charge < -0.3 is 32.5 Å². The maximum absolute atomic E-state index is 8.03. The first kappa shape index (κ1) is 57.2. The van der Waals surface area contributed by atoms with Crippen LogP contribution >= 0.6 is 0 Å². The number of fused-ring (bicyclic) bond motifs is 12. The fourth-order valence-electron chi connectivity index (χ4n) is 15.2. The van der Waals surface area contributed by atoms with Crippen LogP contribution < -0.4 is 32.5 Å². The zero-order valence-corrected chi connectivity index (χ0v) is 53.2. The first-order valence-electron chi connectivity index (χ1n) is 30.8. The normalized spacial score (nSPS) is 19.2. The highest BCUT2D eigenvalue weighted by atomic mass is 28.4. The maximum atomic E-state index is 8.03. The van der Waals surface area contributed by atoms with Gasteiger partial charge in [0.25, 0.3) is 0 Å². The minimum Gasteiger partial charge on any atom is -0.544 e. The second-order valence-electron chi connectivity index (χ2n) is 27.2. The fourth-order valence-corrected chi connectivity index (χ4v) is 19.1.